The molecule has 6 heteroatoms. The molecular formula is C11H4BrFN4. The zero-order valence-corrected chi connectivity index (χ0v) is 9.92. The summed E-state index contributed by atoms with van der Waals surface area (Å²) in [5.41, 5.74) is 0.199. The van der Waals surface area contributed by atoms with Gasteiger partial charge in [0.25, 0.3) is 0 Å². The van der Waals surface area contributed by atoms with Crippen molar-refractivity contribution in [3.8, 4) is 18.2 Å². The lowest BCUT2D eigenvalue weighted by molar-refractivity contribution is 0.621. The van der Waals surface area contributed by atoms with Crippen LogP contribution >= 0.6 is 15.9 Å². The first-order chi connectivity index (χ1) is 8.13. The van der Waals surface area contributed by atoms with Crippen LogP contribution in [0, 0.1) is 39.8 Å². The van der Waals surface area contributed by atoms with Crippen LogP contribution in [0.15, 0.2) is 28.4 Å². The topological polar surface area (TPSA) is 83.4 Å². The molecule has 1 aromatic rings. The molecule has 1 N–H and O–H groups in total. The third kappa shape index (κ3) is 2.81. The minimum Gasteiger partial charge on any atom is -0.358 e. The molecule has 0 aromatic heterocycles. The summed E-state index contributed by atoms with van der Waals surface area (Å²) < 4.78 is 13.3. The zero-order chi connectivity index (χ0) is 12.8. The normalized spacial score (nSPS) is 8.41. The van der Waals surface area contributed by atoms with Gasteiger partial charge in [0.05, 0.1) is 15.7 Å². The van der Waals surface area contributed by atoms with Gasteiger partial charge in [0, 0.05) is 6.20 Å². The van der Waals surface area contributed by atoms with Gasteiger partial charge in [0.2, 0.25) is 0 Å². The molecule has 4 nitrogen and oxygen atoms in total. The molecule has 0 radical (unpaired) electrons. The van der Waals surface area contributed by atoms with E-state index in [1.54, 1.807) is 12.1 Å². The maximum Gasteiger partial charge on any atom is 0.145 e. The zero-order valence-electron chi connectivity index (χ0n) is 8.33. The number of halogens is 2. The average Bonchev–Trinajstić information content (AvgIpc) is 2.35. The van der Waals surface area contributed by atoms with Gasteiger partial charge in [-0.15, -0.1) is 0 Å². The standard InChI is InChI=1S/C11H4BrFN4/c12-10-9(13)2-1-8(5-16)11(10)17-6-7(3-14)4-15/h1-2,6,17H. The first-order valence-corrected chi connectivity index (χ1v) is 5.08. The van der Waals surface area contributed by atoms with E-state index < -0.39 is 5.82 Å². The van der Waals surface area contributed by atoms with Crippen molar-refractivity contribution in [3.05, 3.63) is 39.8 Å². The van der Waals surface area contributed by atoms with E-state index in [4.69, 9.17) is 15.8 Å². The number of anilines is 1. The largest absolute Gasteiger partial charge is 0.358 e. The number of nitrogens with one attached hydrogen (secondary N) is 1. The van der Waals surface area contributed by atoms with Crippen LogP contribution in [0.2, 0.25) is 0 Å². The quantitative estimate of drug-likeness (QED) is 0.849. The minimum atomic E-state index is -0.546. The van der Waals surface area contributed by atoms with E-state index in [2.05, 4.69) is 21.2 Å². The van der Waals surface area contributed by atoms with E-state index in [0.717, 1.165) is 12.3 Å². The predicted octanol–water partition coefficient (Wildman–Crippen LogP) is 2.80. The van der Waals surface area contributed by atoms with E-state index in [-0.39, 0.29) is 21.3 Å². The molecule has 0 saturated carbocycles. The van der Waals surface area contributed by atoms with Crippen LogP contribution in [0.1, 0.15) is 5.56 Å². The van der Waals surface area contributed by atoms with Crippen molar-refractivity contribution in [3.63, 3.8) is 0 Å². The summed E-state index contributed by atoms with van der Waals surface area (Å²) >= 11 is 2.98. The van der Waals surface area contributed by atoms with Gasteiger partial charge in [-0.3, -0.25) is 0 Å². The highest BCUT2D eigenvalue weighted by Crippen LogP contribution is 2.29. The first kappa shape index (κ1) is 12.7. The molecule has 0 saturated heterocycles. The Hall–Kier alpha value is -2.36. The smallest absolute Gasteiger partial charge is 0.145 e. The molecule has 82 valence electrons. The lowest BCUT2D eigenvalue weighted by Gasteiger charge is -2.06. The van der Waals surface area contributed by atoms with Crippen molar-refractivity contribution < 1.29 is 4.39 Å². The molecular weight excluding hydrogens is 287 g/mol. The second-order valence-electron chi connectivity index (χ2n) is 2.82. The van der Waals surface area contributed by atoms with Crippen LogP contribution in [-0.4, -0.2) is 0 Å². The molecule has 1 rings (SSSR count). The summed E-state index contributed by atoms with van der Waals surface area (Å²) in [5.74, 6) is -0.546. The molecule has 0 aliphatic carbocycles. The van der Waals surface area contributed by atoms with Gasteiger partial charge < -0.3 is 5.32 Å². The van der Waals surface area contributed by atoms with Crippen molar-refractivity contribution >= 4 is 21.6 Å². The van der Waals surface area contributed by atoms with Crippen LogP contribution in [0.25, 0.3) is 0 Å². The molecule has 0 fully saturated rings. The maximum atomic E-state index is 13.2. The third-order valence-corrected chi connectivity index (χ3v) is 2.59. The van der Waals surface area contributed by atoms with Crippen molar-refractivity contribution in [1.82, 2.24) is 0 Å². The molecule has 0 heterocycles. The van der Waals surface area contributed by atoms with Gasteiger partial charge >= 0.3 is 0 Å². The SMILES string of the molecule is N#CC(C#N)=CNc1c(C#N)ccc(F)c1Br. The summed E-state index contributed by atoms with van der Waals surface area (Å²) in [4.78, 5) is 0. The highest BCUT2D eigenvalue weighted by molar-refractivity contribution is 9.10. The van der Waals surface area contributed by atoms with Gasteiger partial charge in [-0.05, 0) is 28.1 Å². The molecule has 0 aliphatic heterocycles. The second-order valence-corrected chi connectivity index (χ2v) is 3.61. The Morgan fingerprint density at radius 1 is 1.29 bits per heavy atom. The predicted molar refractivity (Wildman–Crippen MR) is 61.7 cm³/mol. The van der Waals surface area contributed by atoms with E-state index in [1.807, 2.05) is 6.07 Å². The minimum absolute atomic E-state index is 0.0722. The fourth-order valence-corrected chi connectivity index (χ4v) is 1.48. The lowest BCUT2D eigenvalue weighted by Crippen LogP contribution is -1.96. The van der Waals surface area contributed by atoms with Crippen LogP contribution in [0.4, 0.5) is 10.1 Å². The van der Waals surface area contributed by atoms with E-state index in [9.17, 15) is 4.39 Å². The Morgan fingerprint density at radius 3 is 2.47 bits per heavy atom. The van der Waals surface area contributed by atoms with Crippen molar-refractivity contribution in [1.29, 1.82) is 15.8 Å². The van der Waals surface area contributed by atoms with E-state index in [0.29, 0.717) is 0 Å². The average molecular weight is 291 g/mol. The van der Waals surface area contributed by atoms with Crippen molar-refractivity contribution in [2.75, 3.05) is 5.32 Å². The number of benzene rings is 1. The Balaban J connectivity index is 3.21. The Kier molecular flexibility index (Phi) is 4.22. The number of nitrogens with zero attached hydrogens (tertiary/aromatic N) is 3. The molecule has 0 amide bonds. The van der Waals surface area contributed by atoms with Gasteiger partial charge in [0.1, 0.15) is 29.6 Å². The summed E-state index contributed by atoms with van der Waals surface area (Å²) in [7, 11) is 0. The molecule has 1 aromatic carbocycles. The highest BCUT2D eigenvalue weighted by atomic mass is 79.9. The van der Waals surface area contributed by atoms with Crippen molar-refractivity contribution in [2.24, 2.45) is 0 Å². The number of allylic oxidation sites excluding steroid dienone is 1. The Labute approximate surface area is 105 Å². The molecule has 0 atom stereocenters. The van der Waals surface area contributed by atoms with Crippen LogP contribution in [0.5, 0.6) is 0 Å². The van der Waals surface area contributed by atoms with E-state index in [1.165, 1.54) is 6.07 Å². The van der Waals surface area contributed by atoms with Gasteiger partial charge in [-0.25, -0.2) is 4.39 Å². The Bertz CT molecular complexity index is 586. The fraction of sp³-hybridized carbons (Fsp3) is 0. The molecule has 0 unspecified atom stereocenters. The van der Waals surface area contributed by atoms with Crippen LogP contribution in [-0.2, 0) is 0 Å². The van der Waals surface area contributed by atoms with Crippen LogP contribution in [0.3, 0.4) is 0 Å². The van der Waals surface area contributed by atoms with Gasteiger partial charge in [-0.1, -0.05) is 0 Å². The third-order valence-electron chi connectivity index (χ3n) is 1.82. The summed E-state index contributed by atoms with van der Waals surface area (Å²) in [6, 6.07) is 7.59. The number of rotatable bonds is 2. The number of nitriles is 3. The molecule has 0 aliphatic rings. The Morgan fingerprint density at radius 2 is 1.94 bits per heavy atom. The monoisotopic (exact) mass is 290 g/mol. The van der Waals surface area contributed by atoms with Crippen LogP contribution < -0.4 is 5.32 Å². The summed E-state index contributed by atoms with van der Waals surface area (Å²) in [6.45, 7) is 0. The molecule has 17 heavy (non-hydrogen) atoms. The fourth-order valence-electron chi connectivity index (χ4n) is 1.02. The van der Waals surface area contributed by atoms with Gasteiger partial charge in [-0.2, -0.15) is 15.8 Å². The maximum absolute atomic E-state index is 13.2. The number of hydrogen-bond donors (Lipinski definition) is 1. The highest BCUT2D eigenvalue weighted by Gasteiger charge is 2.10. The number of hydrogen-bond acceptors (Lipinski definition) is 4. The lowest BCUT2D eigenvalue weighted by atomic mass is 10.2. The molecule has 0 bridgehead atoms. The summed E-state index contributed by atoms with van der Waals surface area (Å²) in [5, 5.41) is 28.4. The van der Waals surface area contributed by atoms with E-state index >= 15 is 0 Å². The van der Waals surface area contributed by atoms with Crippen molar-refractivity contribution in [2.45, 2.75) is 0 Å². The second kappa shape index (κ2) is 5.65. The summed E-state index contributed by atoms with van der Waals surface area (Å²) in [6.07, 6.45) is 1.11. The first-order valence-electron chi connectivity index (χ1n) is 4.29. The van der Waals surface area contributed by atoms with Gasteiger partial charge in [0.15, 0.2) is 0 Å². The molecule has 0 spiro atoms.